The van der Waals surface area contributed by atoms with Crippen molar-refractivity contribution in [2.24, 2.45) is 0 Å². The van der Waals surface area contributed by atoms with Crippen LogP contribution in [-0.4, -0.2) is 58.2 Å². The normalized spacial score (nSPS) is 19.8. The largest absolute Gasteiger partial charge is 0.497 e. The summed E-state index contributed by atoms with van der Waals surface area (Å²) in [7, 11) is -1.08. The van der Waals surface area contributed by atoms with Crippen molar-refractivity contribution < 1.29 is 28.5 Å². The van der Waals surface area contributed by atoms with Crippen LogP contribution < -0.4 is 15.1 Å². The van der Waals surface area contributed by atoms with Crippen molar-refractivity contribution in [3.63, 3.8) is 0 Å². The Morgan fingerprint density at radius 3 is 1.92 bits per heavy atom. The zero-order chi connectivity index (χ0) is 34.5. The minimum Gasteiger partial charge on any atom is -0.497 e. The van der Waals surface area contributed by atoms with E-state index in [-0.39, 0.29) is 23.9 Å². The molecule has 4 aromatic carbocycles. The van der Waals surface area contributed by atoms with Crippen LogP contribution in [0.4, 0.5) is 0 Å². The second-order valence-electron chi connectivity index (χ2n) is 13.7. The average Bonchev–Trinajstić information content (AvgIpc) is 3.11. The predicted molar refractivity (Wildman–Crippen MR) is 199 cm³/mol. The average molecular weight is 681 g/mol. The number of hydrogen-bond acceptors (Lipinski definition) is 6. The van der Waals surface area contributed by atoms with Gasteiger partial charge in [0, 0.05) is 6.61 Å². The highest BCUT2D eigenvalue weighted by Gasteiger charge is 2.50. The van der Waals surface area contributed by atoms with Crippen molar-refractivity contribution in [2.75, 3.05) is 20.3 Å². The van der Waals surface area contributed by atoms with Crippen LogP contribution in [0.15, 0.2) is 127 Å². The van der Waals surface area contributed by atoms with Gasteiger partial charge in [0.25, 0.3) is 8.32 Å². The molecule has 0 aromatic heterocycles. The van der Waals surface area contributed by atoms with Crippen molar-refractivity contribution in [2.45, 2.75) is 82.7 Å². The number of ether oxygens (including phenoxy) is 4. The molecule has 7 heteroatoms. The molecule has 260 valence electrons. The first kappa shape index (κ1) is 36.7. The molecular formula is C42H52O6Si. The maximum atomic E-state index is 11.4. The summed E-state index contributed by atoms with van der Waals surface area (Å²) < 4.78 is 31.9. The topological polar surface area (TPSA) is 66.4 Å². The number of aliphatic hydroxyl groups is 1. The van der Waals surface area contributed by atoms with Crippen LogP contribution in [0, 0.1) is 0 Å². The summed E-state index contributed by atoms with van der Waals surface area (Å²) in [5.41, 5.74) is 2.12. The third-order valence-electron chi connectivity index (χ3n) is 9.26. The molecule has 0 amide bonds. The van der Waals surface area contributed by atoms with Gasteiger partial charge in [0.15, 0.2) is 0 Å². The standard InChI is InChI=1S/C42H52O6Si/c1-42(2,3)49(36-18-10-6-11-19-36,37-20-12-7-13-21-37)47-29-28-41-40(46-31-33-16-8-5-9-17-33)23-15-14-22-39(48-41)38(43)32-45-30-34-24-26-35(44-4)27-25-34/h5-21,24-27,38-41,43H,22-23,28-32H2,1-4H3/b15-14-/t38-,39+,40+,41+/m1/s1. The monoisotopic (exact) mass is 680 g/mol. The molecule has 6 nitrogen and oxygen atoms in total. The highest BCUT2D eigenvalue weighted by molar-refractivity contribution is 6.99. The van der Waals surface area contributed by atoms with E-state index in [0.29, 0.717) is 39.1 Å². The maximum absolute atomic E-state index is 11.4. The maximum Gasteiger partial charge on any atom is 0.261 e. The van der Waals surface area contributed by atoms with Gasteiger partial charge < -0.3 is 28.5 Å². The molecule has 49 heavy (non-hydrogen) atoms. The fourth-order valence-corrected chi connectivity index (χ4v) is 11.2. The molecule has 1 aliphatic heterocycles. The fourth-order valence-electron chi connectivity index (χ4n) is 6.65. The van der Waals surface area contributed by atoms with Crippen LogP contribution in [0.2, 0.25) is 5.04 Å². The lowest BCUT2D eigenvalue weighted by molar-refractivity contribution is -0.149. The number of rotatable bonds is 15. The van der Waals surface area contributed by atoms with E-state index in [9.17, 15) is 5.11 Å². The van der Waals surface area contributed by atoms with Crippen LogP contribution in [0.1, 0.15) is 51.2 Å². The van der Waals surface area contributed by atoms with Crippen LogP contribution in [0.3, 0.4) is 0 Å². The lowest BCUT2D eigenvalue weighted by Gasteiger charge is -2.43. The Morgan fingerprint density at radius 2 is 1.33 bits per heavy atom. The van der Waals surface area contributed by atoms with Crippen molar-refractivity contribution in [1.82, 2.24) is 0 Å². The minimum atomic E-state index is -2.73. The first-order chi connectivity index (χ1) is 23.8. The molecular weight excluding hydrogens is 629 g/mol. The van der Waals surface area contributed by atoms with E-state index in [1.807, 2.05) is 42.5 Å². The Labute approximate surface area is 293 Å². The van der Waals surface area contributed by atoms with Gasteiger partial charge in [0.2, 0.25) is 0 Å². The molecule has 0 saturated carbocycles. The Bertz CT molecular complexity index is 1500. The zero-order valence-electron chi connectivity index (χ0n) is 29.4. The Balaban J connectivity index is 1.34. The third-order valence-corrected chi connectivity index (χ3v) is 14.3. The van der Waals surface area contributed by atoms with Gasteiger partial charge in [-0.25, -0.2) is 0 Å². The van der Waals surface area contributed by atoms with Gasteiger partial charge in [-0.3, -0.25) is 0 Å². The van der Waals surface area contributed by atoms with E-state index in [2.05, 4.69) is 106 Å². The molecule has 4 atom stereocenters. The Kier molecular flexibility index (Phi) is 13.4. The van der Waals surface area contributed by atoms with Gasteiger partial charge in [-0.1, -0.05) is 136 Å². The second kappa shape index (κ2) is 17.9. The third kappa shape index (κ3) is 9.78. The van der Waals surface area contributed by atoms with Gasteiger partial charge in [0.1, 0.15) is 11.9 Å². The van der Waals surface area contributed by atoms with Gasteiger partial charge >= 0.3 is 0 Å². The van der Waals surface area contributed by atoms with E-state index in [0.717, 1.165) is 16.9 Å². The number of aliphatic hydroxyl groups excluding tert-OH is 1. The molecule has 1 N–H and O–H groups in total. The van der Waals surface area contributed by atoms with Gasteiger partial charge in [-0.05, 0) is 57.9 Å². The number of hydrogen-bond donors (Lipinski definition) is 1. The highest BCUT2D eigenvalue weighted by atomic mass is 28.4. The SMILES string of the molecule is COc1ccc(COC[C@@H](O)[C@@H]2C/C=C\C[C@H](OCc3ccccc3)[C@H](CCO[Si](c3ccccc3)(c3ccccc3)C(C)(C)C)O2)cc1. The summed E-state index contributed by atoms with van der Waals surface area (Å²) >= 11 is 0. The molecule has 0 radical (unpaired) electrons. The van der Waals surface area contributed by atoms with Crippen molar-refractivity contribution in [1.29, 1.82) is 0 Å². The van der Waals surface area contributed by atoms with E-state index in [4.69, 9.17) is 23.4 Å². The van der Waals surface area contributed by atoms with Crippen LogP contribution in [-0.2, 0) is 31.9 Å². The van der Waals surface area contributed by atoms with E-state index >= 15 is 0 Å². The lowest BCUT2D eigenvalue weighted by Crippen LogP contribution is -2.66. The van der Waals surface area contributed by atoms with Crippen LogP contribution in [0.25, 0.3) is 0 Å². The summed E-state index contributed by atoms with van der Waals surface area (Å²) in [6.07, 6.45) is 4.40. The van der Waals surface area contributed by atoms with Crippen LogP contribution >= 0.6 is 0 Å². The first-order valence-electron chi connectivity index (χ1n) is 17.4. The molecule has 0 aliphatic carbocycles. The summed E-state index contributed by atoms with van der Waals surface area (Å²) in [5.74, 6) is 0.799. The van der Waals surface area contributed by atoms with Gasteiger partial charge in [-0.2, -0.15) is 0 Å². The van der Waals surface area contributed by atoms with Gasteiger partial charge in [-0.15, -0.1) is 0 Å². The Hall–Kier alpha value is -3.56. The molecule has 0 fully saturated rings. The quantitative estimate of drug-likeness (QED) is 0.106. The summed E-state index contributed by atoms with van der Waals surface area (Å²) in [4.78, 5) is 0. The summed E-state index contributed by atoms with van der Waals surface area (Å²) in [5, 5.41) is 13.7. The Morgan fingerprint density at radius 1 is 0.755 bits per heavy atom. The van der Waals surface area contributed by atoms with E-state index in [1.54, 1.807) is 7.11 Å². The lowest BCUT2D eigenvalue weighted by atomic mass is 10.0. The van der Waals surface area contributed by atoms with Crippen molar-refractivity contribution in [3.05, 3.63) is 139 Å². The summed E-state index contributed by atoms with van der Waals surface area (Å²) in [6.45, 7) is 8.39. The first-order valence-corrected chi connectivity index (χ1v) is 19.3. The number of methoxy groups -OCH3 is 1. The van der Waals surface area contributed by atoms with Crippen LogP contribution in [0.5, 0.6) is 5.75 Å². The van der Waals surface area contributed by atoms with Crippen molar-refractivity contribution in [3.8, 4) is 5.75 Å². The molecule has 1 heterocycles. The molecule has 0 bridgehead atoms. The molecule has 0 saturated heterocycles. The fraction of sp³-hybridized carbons (Fsp3) is 0.381. The molecule has 1 aliphatic rings. The zero-order valence-corrected chi connectivity index (χ0v) is 30.4. The highest BCUT2D eigenvalue weighted by Crippen LogP contribution is 2.37. The van der Waals surface area contributed by atoms with E-state index < -0.39 is 20.5 Å². The van der Waals surface area contributed by atoms with Crippen molar-refractivity contribution >= 4 is 18.7 Å². The minimum absolute atomic E-state index is 0.136. The number of benzene rings is 4. The summed E-state index contributed by atoms with van der Waals surface area (Å²) in [6, 6.07) is 39.4. The molecule has 0 spiro atoms. The predicted octanol–water partition coefficient (Wildman–Crippen LogP) is 7.23. The molecule has 0 unspecified atom stereocenters. The van der Waals surface area contributed by atoms with Gasteiger partial charge in [0.05, 0.1) is 45.2 Å². The smallest absolute Gasteiger partial charge is 0.261 e. The van der Waals surface area contributed by atoms with E-state index in [1.165, 1.54) is 10.4 Å². The molecule has 4 aromatic rings. The molecule has 5 rings (SSSR count). The second-order valence-corrected chi connectivity index (χ2v) is 18.0.